The van der Waals surface area contributed by atoms with Gasteiger partial charge in [0.2, 0.25) is 0 Å². The van der Waals surface area contributed by atoms with E-state index in [-0.39, 0.29) is 30.1 Å². The zero-order chi connectivity index (χ0) is 29.6. The molecule has 224 valence electrons. The van der Waals surface area contributed by atoms with Crippen molar-refractivity contribution in [1.82, 2.24) is 10.2 Å². The molecule has 0 heterocycles. The fourth-order valence-electron chi connectivity index (χ4n) is 5.62. The van der Waals surface area contributed by atoms with Gasteiger partial charge in [-0.15, -0.1) is 0 Å². The maximum atomic E-state index is 13.9. The smallest absolute Gasteiger partial charge is 0.318 e. The zero-order valence-electron chi connectivity index (χ0n) is 25.4. The van der Waals surface area contributed by atoms with Gasteiger partial charge in [0.15, 0.2) is 5.78 Å². The predicted molar refractivity (Wildman–Crippen MR) is 159 cm³/mol. The topological polar surface area (TPSA) is 86.3 Å². The van der Waals surface area contributed by atoms with Crippen molar-refractivity contribution in [2.45, 2.75) is 90.0 Å². The van der Waals surface area contributed by atoms with E-state index in [1.807, 2.05) is 70.2 Å². The number of nitrogens with zero attached hydrogens (tertiary/aromatic N) is 1. The summed E-state index contributed by atoms with van der Waals surface area (Å²) in [4.78, 5) is 28.3. The number of urea groups is 1. The van der Waals surface area contributed by atoms with E-state index >= 15 is 0 Å². The molecule has 1 N–H and O–H groups in total. The Morgan fingerprint density at radius 1 is 1.00 bits per heavy atom. The second kappa shape index (κ2) is 13.7. The van der Waals surface area contributed by atoms with Crippen LogP contribution in [-0.2, 0) is 14.3 Å². The lowest BCUT2D eigenvalue weighted by molar-refractivity contribution is -0.133. The first-order valence-corrected chi connectivity index (χ1v) is 15.0. The number of benzene rings is 2. The molecule has 0 aliphatic heterocycles. The third-order valence-corrected chi connectivity index (χ3v) is 8.40. The minimum Gasteiger partial charge on any atom is -0.493 e. The van der Waals surface area contributed by atoms with Crippen molar-refractivity contribution in [3.63, 3.8) is 0 Å². The number of hydrogen-bond donors (Lipinski definition) is 1. The number of Topliss-reactive ketones (excluding diaryl/α,β-unsaturated/α-hetero) is 1. The molecular formula is C33H46N2O6. The first-order valence-electron chi connectivity index (χ1n) is 15.0. The molecule has 2 aliphatic carbocycles. The minimum absolute atomic E-state index is 0.0439. The number of nitrogens with one attached hydrogen (secondary N) is 1. The first-order chi connectivity index (χ1) is 19.7. The molecule has 0 bridgehead atoms. The molecule has 4 rings (SSSR count). The van der Waals surface area contributed by atoms with Crippen LogP contribution in [0.2, 0.25) is 0 Å². The number of amides is 2. The Morgan fingerprint density at radius 3 is 2.12 bits per heavy atom. The van der Waals surface area contributed by atoms with Gasteiger partial charge in [0.1, 0.15) is 17.0 Å². The SMILES string of the molecule is CCOc1cc([C@@H](C)N(CCO[C@@H](C)c2ccccc2)C(=O)NC2(C(C)=O)CC(OC)C2)cc(OCC)c1C1CC1. The van der Waals surface area contributed by atoms with Crippen LogP contribution in [-0.4, -0.2) is 61.8 Å². The molecule has 0 aromatic heterocycles. The second-order valence-corrected chi connectivity index (χ2v) is 11.2. The van der Waals surface area contributed by atoms with Crippen molar-refractivity contribution in [3.05, 3.63) is 59.2 Å². The van der Waals surface area contributed by atoms with E-state index in [0.29, 0.717) is 45.1 Å². The highest BCUT2D eigenvalue weighted by molar-refractivity contribution is 5.92. The number of ether oxygens (including phenoxy) is 4. The van der Waals surface area contributed by atoms with Crippen LogP contribution in [0.25, 0.3) is 0 Å². The maximum Gasteiger partial charge on any atom is 0.318 e. The molecule has 2 atom stereocenters. The Kier molecular flexibility index (Phi) is 10.3. The van der Waals surface area contributed by atoms with Crippen LogP contribution in [0, 0.1) is 0 Å². The predicted octanol–water partition coefficient (Wildman–Crippen LogP) is 6.35. The molecule has 0 radical (unpaired) electrons. The maximum absolute atomic E-state index is 13.9. The van der Waals surface area contributed by atoms with Crippen molar-refractivity contribution in [2.24, 2.45) is 0 Å². The molecule has 2 aliphatic rings. The van der Waals surface area contributed by atoms with Gasteiger partial charge in [-0.1, -0.05) is 30.3 Å². The fraction of sp³-hybridized carbons (Fsp3) is 0.576. The van der Waals surface area contributed by atoms with Crippen LogP contribution in [0.1, 0.15) is 95.1 Å². The fourth-order valence-corrected chi connectivity index (χ4v) is 5.62. The van der Waals surface area contributed by atoms with Crippen LogP contribution in [0.4, 0.5) is 4.79 Å². The number of carbonyl (C=O) groups is 2. The average Bonchev–Trinajstić information content (AvgIpc) is 3.78. The highest BCUT2D eigenvalue weighted by Gasteiger charge is 2.50. The summed E-state index contributed by atoms with van der Waals surface area (Å²) in [6, 6.07) is 13.5. The number of rotatable bonds is 15. The van der Waals surface area contributed by atoms with E-state index < -0.39 is 5.54 Å². The third-order valence-electron chi connectivity index (χ3n) is 8.40. The van der Waals surface area contributed by atoms with Crippen molar-refractivity contribution < 1.29 is 28.5 Å². The van der Waals surface area contributed by atoms with Crippen LogP contribution >= 0.6 is 0 Å². The van der Waals surface area contributed by atoms with Gasteiger partial charge in [-0.25, -0.2) is 4.79 Å². The lowest BCUT2D eigenvalue weighted by Crippen LogP contribution is -2.66. The first kappa shape index (κ1) is 30.8. The molecule has 2 amide bonds. The molecular weight excluding hydrogens is 520 g/mol. The molecule has 8 nitrogen and oxygen atoms in total. The Hall–Kier alpha value is -3.10. The van der Waals surface area contributed by atoms with Crippen LogP contribution in [0.3, 0.4) is 0 Å². The Labute approximate surface area is 244 Å². The molecule has 2 fully saturated rings. The van der Waals surface area contributed by atoms with Gasteiger partial charge in [0, 0.05) is 32.1 Å². The van der Waals surface area contributed by atoms with Gasteiger partial charge >= 0.3 is 6.03 Å². The van der Waals surface area contributed by atoms with E-state index in [9.17, 15) is 9.59 Å². The van der Waals surface area contributed by atoms with E-state index in [1.165, 1.54) is 6.92 Å². The Balaban J connectivity index is 1.60. The Bertz CT molecular complexity index is 1150. The zero-order valence-corrected chi connectivity index (χ0v) is 25.4. The highest BCUT2D eigenvalue weighted by atomic mass is 16.5. The number of hydrogen-bond acceptors (Lipinski definition) is 6. The molecule has 0 saturated heterocycles. The summed E-state index contributed by atoms with van der Waals surface area (Å²) in [6.45, 7) is 11.2. The van der Waals surface area contributed by atoms with Crippen LogP contribution < -0.4 is 14.8 Å². The third kappa shape index (κ3) is 7.22. The van der Waals surface area contributed by atoms with E-state index in [4.69, 9.17) is 18.9 Å². The van der Waals surface area contributed by atoms with E-state index in [0.717, 1.165) is 41.0 Å². The van der Waals surface area contributed by atoms with Gasteiger partial charge in [-0.3, -0.25) is 4.79 Å². The summed E-state index contributed by atoms with van der Waals surface area (Å²) >= 11 is 0. The van der Waals surface area contributed by atoms with Crippen molar-refractivity contribution >= 4 is 11.8 Å². The standard InChI is InChI=1S/C33H46N2O6/c1-7-39-29-18-27(19-30(40-8-2)31(29)26-14-15-26)22(3)35(16-17-41-23(4)25-12-10-9-11-13-25)32(37)34-33(24(5)36)20-28(21-33)38-6/h9-13,18-19,22-23,26,28H,7-8,14-17,20-21H2,1-6H3,(H,34,37)/t22-,23+,28?,33?/m1/s1. The van der Waals surface area contributed by atoms with Gasteiger partial charge in [0.25, 0.3) is 0 Å². The summed E-state index contributed by atoms with van der Waals surface area (Å²) in [5.41, 5.74) is 2.19. The van der Waals surface area contributed by atoms with E-state index in [1.54, 1.807) is 12.0 Å². The summed E-state index contributed by atoms with van der Waals surface area (Å²) in [7, 11) is 1.63. The largest absolute Gasteiger partial charge is 0.493 e. The lowest BCUT2D eigenvalue weighted by atomic mass is 9.71. The molecule has 41 heavy (non-hydrogen) atoms. The quantitative estimate of drug-likeness (QED) is 0.270. The number of methoxy groups -OCH3 is 1. The molecule has 2 aromatic rings. The monoisotopic (exact) mass is 566 g/mol. The molecule has 2 aromatic carbocycles. The number of ketones is 1. The molecule has 0 spiro atoms. The minimum atomic E-state index is -0.920. The summed E-state index contributed by atoms with van der Waals surface area (Å²) < 4.78 is 23.8. The van der Waals surface area contributed by atoms with E-state index in [2.05, 4.69) is 5.32 Å². The van der Waals surface area contributed by atoms with Crippen LogP contribution in [0.15, 0.2) is 42.5 Å². The number of carbonyl (C=O) groups excluding carboxylic acids is 2. The summed E-state index contributed by atoms with van der Waals surface area (Å²) in [5, 5.41) is 3.07. The Morgan fingerprint density at radius 2 is 1.61 bits per heavy atom. The highest BCUT2D eigenvalue weighted by Crippen LogP contribution is 2.50. The average molecular weight is 567 g/mol. The molecule has 8 heteroatoms. The van der Waals surface area contributed by atoms with Gasteiger partial charge < -0.3 is 29.2 Å². The molecule has 0 unspecified atom stereocenters. The molecule has 2 saturated carbocycles. The van der Waals surface area contributed by atoms with Crippen LogP contribution in [0.5, 0.6) is 11.5 Å². The van der Waals surface area contributed by atoms with Gasteiger partial charge in [-0.05, 0) is 76.6 Å². The summed E-state index contributed by atoms with van der Waals surface area (Å²) in [5.74, 6) is 2.02. The second-order valence-electron chi connectivity index (χ2n) is 11.2. The van der Waals surface area contributed by atoms with Crippen molar-refractivity contribution in [1.29, 1.82) is 0 Å². The van der Waals surface area contributed by atoms with Crippen molar-refractivity contribution in [3.8, 4) is 11.5 Å². The van der Waals surface area contributed by atoms with Crippen molar-refractivity contribution in [2.75, 3.05) is 33.5 Å². The lowest BCUT2D eigenvalue weighted by Gasteiger charge is -2.46. The normalized spacial score (nSPS) is 21.4. The summed E-state index contributed by atoms with van der Waals surface area (Å²) in [6.07, 6.45) is 3.01. The van der Waals surface area contributed by atoms with Gasteiger partial charge in [0.05, 0.1) is 38.1 Å². The van der Waals surface area contributed by atoms with Gasteiger partial charge in [-0.2, -0.15) is 0 Å².